The van der Waals surface area contributed by atoms with Crippen molar-refractivity contribution < 1.29 is 9.90 Å². The first-order valence-electron chi connectivity index (χ1n) is 10.3. The van der Waals surface area contributed by atoms with Crippen LogP contribution in [0.1, 0.15) is 24.8 Å². The summed E-state index contributed by atoms with van der Waals surface area (Å²) in [5, 5.41) is 10.0. The van der Waals surface area contributed by atoms with Crippen LogP contribution in [0.25, 0.3) is 11.1 Å². The van der Waals surface area contributed by atoms with Gasteiger partial charge in [-0.3, -0.25) is 4.79 Å². The molecule has 0 unspecified atom stereocenters. The number of benzene rings is 2. The SMILES string of the molecule is CN1CCC[C@]2(CO)CCN(C(=O)Cc3ccc(-c4ccccc4)cc3)C[C@@H]12. The van der Waals surface area contributed by atoms with Crippen molar-refractivity contribution in [3.63, 3.8) is 0 Å². The van der Waals surface area contributed by atoms with Crippen LogP contribution < -0.4 is 0 Å². The molecular formula is C24H30N2O2. The van der Waals surface area contributed by atoms with Crippen molar-refractivity contribution in [1.29, 1.82) is 0 Å². The second kappa shape index (κ2) is 8.06. The van der Waals surface area contributed by atoms with E-state index in [1.54, 1.807) is 0 Å². The van der Waals surface area contributed by atoms with Gasteiger partial charge in [0.05, 0.1) is 13.0 Å². The van der Waals surface area contributed by atoms with E-state index in [0.29, 0.717) is 6.42 Å². The normalized spacial score (nSPS) is 25.4. The lowest BCUT2D eigenvalue weighted by Crippen LogP contribution is -2.62. The molecule has 0 saturated carbocycles. The zero-order valence-corrected chi connectivity index (χ0v) is 16.7. The molecule has 2 aliphatic heterocycles. The molecule has 4 nitrogen and oxygen atoms in total. The van der Waals surface area contributed by atoms with Gasteiger partial charge in [0.1, 0.15) is 0 Å². The monoisotopic (exact) mass is 378 g/mol. The summed E-state index contributed by atoms with van der Waals surface area (Å²) in [4.78, 5) is 17.3. The summed E-state index contributed by atoms with van der Waals surface area (Å²) in [6, 6.07) is 18.9. The van der Waals surface area contributed by atoms with Gasteiger partial charge >= 0.3 is 0 Å². The highest BCUT2D eigenvalue weighted by atomic mass is 16.3. The summed E-state index contributed by atoms with van der Waals surface area (Å²) >= 11 is 0. The van der Waals surface area contributed by atoms with Crippen LogP contribution in [0.4, 0.5) is 0 Å². The Morgan fingerprint density at radius 2 is 1.75 bits per heavy atom. The molecule has 4 heteroatoms. The molecule has 2 atom stereocenters. The van der Waals surface area contributed by atoms with E-state index < -0.39 is 0 Å². The fraction of sp³-hybridized carbons (Fsp3) is 0.458. The minimum Gasteiger partial charge on any atom is -0.396 e. The van der Waals surface area contributed by atoms with E-state index in [0.717, 1.165) is 44.5 Å². The molecule has 28 heavy (non-hydrogen) atoms. The number of carbonyl (C=O) groups excluding carboxylic acids is 1. The fourth-order valence-corrected chi connectivity index (χ4v) is 4.97. The molecule has 1 amide bonds. The number of hydrogen-bond acceptors (Lipinski definition) is 3. The quantitative estimate of drug-likeness (QED) is 0.889. The molecule has 2 fully saturated rings. The zero-order valence-electron chi connectivity index (χ0n) is 16.7. The number of rotatable bonds is 4. The Hall–Kier alpha value is -2.17. The molecule has 4 rings (SSSR count). The topological polar surface area (TPSA) is 43.8 Å². The van der Waals surface area contributed by atoms with Crippen LogP contribution >= 0.6 is 0 Å². The highest BCUT2D eigenvalue weighted by molar-refractivity contribution is 5.79. The minimum absolute atomic E-state index is 0.0267. The molecule has 0 aliphatic carbocycles. The summed E-state index contributed by atoms with van der Waals surface area (Å²) in [6.07, 6.45) is 3.55. The molecule has 2 aromatic rings. The molecule has 2 heterocycles. The van der Waals surface area contributed by atoms with Gasteiger partial charge in [-0.1, -0.05) is 54.6 Å². The van der Waals surface area contributed by atoms with Gasteiger partial charge in [0, 0.05) is 24.5 Å². The smallest absolute Gasteiger partial charge is 0.227 e. The third kappa shape index (κ3) is 3.71. The summed E-state index contributed by atoms with van der Waals surface area (Å²) in [5.41, 5.74) is 3.39. The molecule has 0 radical (unpaired) electrons. The van der Waals surface area contributed by atoms with Crippen molar-refractivity contribution >= 4 is 5.91 Å². The molecule has 2 aliphatic rings. The number of likely N-dealkylation sites (N-methyl/N-ethyl adjacent to an activating group) is 1. The zero-order chi connectivity index (χ0) is 19.6. The first kappa shape index (κ1) is 19.2. The lowest BCUT2D eigenvalue weighted by Gasteiger charge is -2.53. The first-order chi connectivity index (χ1) is 13.6. The van der Waals surface area contributed by atoms with Gasteiger partial charge in [0.15, 0.2) is 0 Å². The average Bonchev–Trinajstić information content (AvgIpc) is 2.75. The molecule has 1 N–H and O–H groups in total. The number of hydrogen-bond donors (Lipinski definition) is 1. The van der Waals surface area contributed by atoms with Crippen molar-refractivity contribution in [2.75, 3.05) is 33.3 Å². The number of likely N-dealkylation sites (tertiary alicyclic amines) is 2. The highest BCUT2D eigenvalue weighted by Crippen LogP contribution is 2.41. The van der Waals surface area contributed by atoms with Crippen LogP contribution in [0.15, 0.2) is 54.6 Å². The van der Waals surface area contributed by atoms with E-state index in [2.05, 4.69) is 48.3 Å². The minimum atomic E-state index is -0.0267. The lowest BCUT2D eigenvalue weighted by molar-refractivity contribution is -0.139. The van der Waals surface area contributed by atoms with Crippen LogP contribution in [0.2, 0.25) is 0 Å². The van der Waals surface area contributed by atoms with Gasteiger partial charge in [0.2, 0.25) is 5.91 Å². The van der Waals surface area contributed by atoms with Crippen molar-refractivity contribution in [3.8, 4) is 11.1 Å². The first-order valence-corrected chi connectivity index (χ1v) is 10.3. The third-order valence-corrected chi connectivity index (χ3v) is 6.78. The standard InChI is InChI=1S/C24H30N2O2/c1-25-14-5-12-24(18-27)13-15-26(17-22(24)25)23(28)16-19-8-10-21(11-9-19)20-6-3-2-4-7-20/h2-4,6-11,22,27H,5,12-18H2,1H3/t22-,24-/m1/s1. The predicted octanol–water partition coefficient (Wildman–Crippen LogP) is 3.20. The molecule has 0 bridgehead atoms. The third-order valence-electron chi connectivity index (χ3n) is 6.78. The van der Waals surface area contributed by atoms with Gasteiger partial charge in [-0.25, -0.2) is 0 Å². The Bertz CT molecular complexity index is 805. The van der Waals surface area contributed by atoms with Crippen molar-refractivity contribution in [1.82, 2.24) is 9.80 Å². The van der Waals surface area contributed by atoms with Crippen molar-refractivity contribution in [2.24, 2.45) is 5.41 Å². The maximum absolute atomic E-state index is 12.9. The van der Waals surface area contributed by atoms with E-state index in [1.807, 2.05) is 23.1 Å². The van der Waals surface area contributed by atoms with E-state index in [1.165, 1.54) is 11.1 Å². The van der Waals surface area contributed by atoms with Crippen molar-refractivity contribution in [3.05, 3.63) is 60.2 Å². The average molecular weight is 379 g/mol. The van der Waals surface area contributed by atoms with Gasteiger partial charge < -0.3 is 14.9 Å². The van der Waals surface area contributed by atoms with Crippen LogP contribution in [0, 0.1) is 5.41 Å². The van der Waals surface area contributed by atoms with E-state index in [-0.39, 0.29) is 24.0 Å². The van der Waals surface area contributed by atoms with Crippen LogP contribution in [0.3, 0.4) is 0 Å². The van der Waals surface area contributed by atoms with Crippen LogP contribution in [-0.4, -0.2) is 60.1 Å². The fourth-order valence-electron chi connectivity index (χ4n) is 4.97. The van der Waals surface area contributed by atoms with E-state index in [9.17, 15) is 9.90 Å². The molecule has 2 saturated heterocycles. The number of fused-ring (bicyclic) bond motifs is 1. The molecular weight excluding hydrogens is 348 g/mol. The Labute approximate surface area is 167 Å². The molecule has 2 aromatic carbocycles. The number of piperidine rings is 2. The summed E-state index contributed by atoms with van der Waals surface area (Å²) < 4.78 is 0. The van der Waals surface area contributed by atoms with Gasteiger partial charge in [-0.2, -0.15) is 0 Å². The lowest BCUT2D eigenvalue weighted by atomic mass is 9.69. The van der Waals surface area contributed by atoms with Gasteiger partial charge in [-0.15, -0.1) is 0 Å². The Morgan fingerprint density at radius 1 is 1.04 bits per heavy atom. The highest BCUT2D eigenvalue weighted by Gasteiger charge is 2.47. The van der Waals surface area contributed by atoms with Crippen LogP contribution in [0.5, 0.6) is 0 Å². The molecule has 0 spiro atoms. The Morgan fingerprint density at radius 3 is 2.46 bits per heavy atom. The molecule has 0 aromatic heterocycles. The number of nitrogens with zero attached hydrogens (tertiary/aromatic N) is 2. The van der Waals surface area contributed by atoms with Gasteiger partial charge in [0.25, 0.3) is 0 Å². The number of amides is 1. The van der Waals surface area contributed by atoms with E-state index in [4.69, 9.17) is 0 Å². The van der Waals surface area contributed by atoms with Gasteiger partial charge in [-0.05, 0) is 49.5 Å². The summed E-state index contributed by atoms with van der Waals surface area (Å²) in [6.45, 7) is 2.77. The Kier molecular flexibility index (Phi) is 5.51. The predicted molar refractivity (Wildman–Crippen MR) is 112 cm³/mol. The maximum Gasteiger partial charge on any atom is 0.227 e. The summed E-state index contributed by atoms with van der Waals surface area (Å²) in [5.74, 6) is 0.193. The van der Waals surface area contributed by atoms with Crippen molar-refractivity contribution in [2.45, 2.75) is 31.7 Å². The number of aliphatic hydroxyl groups excluding tert-OH is 1. The second-order valence-electron chi connectivity index (χ2n) is 8.45. The second-order valence-corrected chi connectivity index (χ2v) is 8.45. The number of carbonyl (C=O) groups is 1. The molecule has 148 valence electrons. The van der Waals surface area contributed by atoms with E-state index >= 15 is 0 Å². The summed E-state index contributed by atoms with van der Waals surface area (Å²) in [7, 11) is 2.13. The Balaban J connectivity index is 1.41. The maximum atomic E-state index is 12.9. The number of aliphatic hydroxyl groups is 1. The largest absolute Gasteiger partial charge is 0.396 e. The van der Waals surface area contributed by atoms with Crippen LogP contribution in [-0.2, 0) is 11.2 Å².